The third-order valence-corrected chi connectivity index (χ3v) is 8.55. The van der Waals surface area contributed by atoms with Crippen LogP contribution in [0.15, 0.2) is 149 Å². The molecule has 0 saturated heterocycles. The van der Waals surface area contributed by atoms with E-state index in [0.29, 0.717) is 29.2 Å². The Bertz CT molecular complexity index is 2100. The van der Waals surface area contributed by atoms with Gasteiger partial charge in [0.1, 0.15) is 17.1 Å². The summed E-state index contributed by atoms with van der Waals surface area (Å²) in [6.07, 6.45) is 0.794. The maximum Gasteiger partial charge on any atom is 0.421 e. The van der Waals surface area contributed by atoms with Gasteiger partial charge in [-0.3, -0.25) is 4.57 Å². The lowest BCUT2D eigenvalue weighted by molar-refractivity contribution is 0.381. The molecule has 0 aliphatic rings. The van der Waals surface area contributed by atoms with Crippen LogP contribution in [0.2, 0.25) is 0 Å². The van der Waals surface area contributed by atoms with E-state index in [1.807, 2.05) is 103 Å². The van der Waals surface area contributed by atoms with Crippen LogP contribution in [0.4, 0.5) is 5.82 Å². The van der Waals surface area contributed by atoms with Crippen molar-refractivity contribution in [3.63, 3.8) is 0 Å². The molecule has 0 aliphatic heterocycles. The van der Waals surface area contributed by atoms with Crippen LogP contribution in [-0.4, -0.2) is 35.3 Å². The van der Waals surface area contributed by atoms with E-state index in [-0.39, 0.29) is 6.01 Å². The Morgan fingerprint density at radius 2 is 1.31 bits per heavy atom. The molecule has 2 heterocycles. The van der Waals surface area contributed by atoms with Crippen molar-refractivity contribution in [1.29, 1.82) is 0 Å². The van der Waals surface area contributed by atoms with Crippen LogP contribution < -0.4 is 20.5 Å². The number of methoxy groups -OCH3 is 2. The molecule has 5 aromatic carbocycles. The van der Waals surface area contributed by atoms with Crippen LogP contribution >= 0.6 is 0 Å². The molecule has 0 amide bonds. The van der Waals surface area contributed by atoms with Gasteiger partial charge in [-0.05, 0) is 52.9 Å². The first-order valence-electron chi connectivity index (χ1n) is 15.7. The van der Waals surface area contributed by atoms with Gasteiger partial charge in [0.15, 0.2) is 5.58 Å². The number of hydrogen-bond acceptors (Lipinski definition) is 7. The third-order valence-electron chi connectivity index (χ3n) is 8.55. The summed E-state index contributed by atoms with van der Waals surface area (Å²) in [6, 6.07) is 46.0. The van der Waals surface area contributed by atoms with Gasteiger partial charge in [0.25, 0.3) is 0 Å². The number of benzene rings is 5. The summed E-state index contributed by atoms with van der Waals surface area (Å²) >= 11 is 0. The summed E-state index contributed by atoms with van der Waals surface area (Å²) in [6.45, 7) is 0.656. The highest BCUT2D eigenvalue weighted by atomic mass is 16.5. The van der Waals surface area contributed by atoms with E-state index in [2.05, 4.69) is 51.7 Å². The second-order valence-corrected chi connectivity index (χ2v) is 11.3. The molecule has 7 aromatic rings. The summed E-state index contributed by atoms with van der Waals surface area (Å²) < 4.78 is 18.5. The highest BCUT2D eigenvalue weighted by Crippen LogP contribution is 2.42. The second kappa shape index (κ2) is 13.3. The number of aromatic nitrogens is 3. The van der Waals surface area contributed by atoms with Gasteiger partial charge in [0.2, 0.25) is 0 Å². The van der Waals surface area contributed by atoms with E-state index in [4.69, 9.17) is 13.9 Å². The topological polar surface area (TPSA) is 91.4 Å². The van der Waals surface area contributed by atoms with E-state index in [0.717, 1.165) is 34.4 Å². The molecular formula is C40H34N4O4. The molecule has 238 valence electrons. The molecule has 0 spiro atoms. The minimum absolute atomic E-state index is 0.231. The normalized spacial score (nSPS) is 11.4. The molecule has 2 aromatic heterocycles. The molecule has 0 radical (unpaired) electrons. The highest BCUT2D eigenvalue weighted by molar-refractivity contribution is 5.81. The Morgan fingerprint density at radius 1 is 0.708 bits per heavy atom. The maximum atomic E-state index is 14.1. The number of hydrogen-bond donors (Lipinski definition) is 1. The quantitative estimate of drug-likeness (QED) is 0.147. The van der Waals surface area contributed by atoms with Crippen molar-refractivity contribution in [1.82, 2.24) is 14.5 Å². The molecule has 0 atom stereocenters. The molecule has 0 bridgehead atoms. The van der Waals surface area contributed by atoms with E-state index in [9.17, 15) is 4.79 Å². The Labute approximate surface area is 278 Å². The fourth-order valence-corrected chi connectivity index (χ4v) is 6.30. The molecule has 0 aliphatic carbocycles. The van der Waals surface area contributed by atoms with Crippen molar-refractivity contribution in [3.8, 4) is 23.0 Å². The first-order chi connectivity index (χ1) is 23.6. The molecule has 8 heteroatoms. The number of fused-ring (bicyclic) bond motifs is 1. The van der Waals surface area contributed by atoms with Crippen molar-refractivity contribution in [2.45, 2.75) is 12.0 Å². The van der Waals surface area contributed by atoms with Gasteiger partial charge in [-0.15, -0.1) is 0 Å². The molecule has 7 rings (SSSR count). The highest BCUT2D eigenvalue weighted by Gasteiger charge is 2.41. The van der Waals surface area contributed by atoms with Crippen LogP contribution in [0.1, 0.15) is 22.3 Å². The number of nitrogens with zero attached hydrogens (tertiary/aromatic N) is 3. The number of rotatable bonds is 11. The van der Waals surface area contributed by atoms with Crippen molar-refractivity contribution < 1.29 is 13.9 Å². The Hall–Kier alpha value is -6.15. The summed E-state index contributed by atoms with van der Waals surface area (Å²) in [7, 11) is 3.20. The van der Waals surface area contributed by atoms with Gasteiger partial charge in [-0.25, -0.2) is 4.79 Å². The van der Waals surface area contributed by atoms with E-state index < -0.39 is 11.3 Å². The molecular weight excluding hydrogens is 600 g/mol. The first-order valence-corrected chi connectivity index (χ1v) is 15.7. The Morgan fingerprint density at radius 3 is 1.88 bits per heavy atom. The van der Waals surface area contributed by atoms with Crippen molar-refractivity contribution in [3.05, 3.63) is 172 Å². The van der Waals surface area contributed by atoms with Crippen LogP contribution in [0.3, 0.4) is 0 Å². The lowest BCUT2D eigenvalue weighted by atomic mass is 9.76. The molecule has 1 N–H and O–H groups in total. The van der Waals surface area contributed by atoms with E-state index in [1.165, 1.54) is 5.56 Å². The number of oxazole rings is 1. The summed E-state index contributed by atoms with van der Waals surface area (Å²) in [5, 5.41) is 3.39. The largest absolute Gasteiger partial charge is 0.497 e. The number of nitrogens with one attached hydrogen (secondary N) is 1. The molecule has 0 unspecified atom stereocenters. The molecule has 0 fully saturated rings. The van der Waals surface area contributed by atoms with Crippen LogP contribution in [0, 0.1) is 0 Å². The monoisotopic (exact) mass is 634 g/mol. The first kappa shape index (κ1) is 30.5. The SMILES string of the molecule is COc1ccc(CCNc2cc(-c3ccc4c(c3)oc(=O)n4C(c3ccccc3)(c3ccccc3)c3ccccc3)nc(OC)n2)cc1. The average Bonchev–Trinajstić information content (AvgIpc) is 3.48. The summed E-state index contributed by atoms with van der Waals surface area (Å²) in [5.74, 6) is 0.978. The lowest BCUT2D eigenvalue weighted by Gasteiger charge is -2.36. The fraction of sp³-hybridized carbons (Fsp3) is 0.125. The van der Waals surface area contributed by atoms with Gasteiger partial charge in [0, 0.05) is 18.2 Å². The number of ether oxygens (including phenoxy) is 2. The maximum absolute atomic E-state index is 14.1. The lowest BCUT2D eigenvalue weighted by Crippen LogP contribution is -2.42. The average molecular weight is 635 g/mol. The number of anilines is 1. The molecule has 0 saturated carbocycles. The van der Waals surface area contributed by atoms with E-state index >= 15 is 0 Å². The smallest absolute Gasteiger partial charge is 0.421 e. The van der Waals surface area contributed by atoms with Crippen molar-refractivity contribution >= 4 is 16.9 Å². The van der Waals surface area contributed by atoms with Gasteiger partial charge >= 0.3 is 11.8 Å². The van der Waals surface area contributed by atoms with E-state index in [1.54, 1.807) is 18.8 Å². The predicted octanol–water partition coefficient (Wildman–Crippen LogP) is 7.56. The van der Waals surface area contributed by atoms with Gasteiger partial charge < -0.3 is 19.2 Å². The van der Waals surface area contributed by atoms with Gasteiger partial charge in [0.05, 0.1) is 25.4 Å². The van der Waals surface area contributed by atoms with Crippen LogP contribution in [-0.2, 0) is 12.0 Å². The van der Waals surface area contributed by atoms with Crippen molar-refractivity contribution in [2.75, 3.05) is 26.1 Å². The Kier molecular flexibility index (Phi) is 8.45. The third kappa shape index (κ3) is 5.69. The second-order valence-electron chi connectivity index (χ2n) is 11.3. The summed E-state index contributed by atoms with van der Waals surface area (Å²) in [5.41, 5.74) is 5.44. The molecule has 8 nitrogen and oxygen atoms in total. The van der Waals surface area contributed by atoms with Gasteiger partial charge in [-0.1, -0.05) is 109 Å². The van der Waals surface area contributed by atoms with Gasteiger partial charge in [-0.2, -0.15) is 9.97 Å². The van der Waals surface area contributed by atoms with Crippen LogP contribution in [0.5, 0.6) is 11.8 Å². The minimum Gasteiger partial charge on any atom is -0.497 e. The summed E-state index contributed by atoms with van der Waals surface area (Å²) in [4.78, 5) is 23.2. The van der Waals surface area contributed by atoms with Crippen molar-refractivity contribution in [2.24, 2.45) is 0 Å². The zero-order valence-electron chi connectivity index (χ0n) is 26.7. The fourth-order valence-electron chi connectivity index (χ4n) is 6.30. The minimum atomic E-state index is -1.01. The van der Waals surface area contributed by atoms with Crippen LogP contribution in [0.25, 0.3) is 22.4 Å². The Balaban J connectivity index is 1.31. The standard InChI is InChI=1S/C40H34N4O4/c1-46-33-21-18-28(19-22-33)24-25-41-37-27-34(42-38(43-37)47-2)29-20-23-35-36(26-29)48-39(45)44(35)40(30-12-6-3-7-13-30,31-14-8-4-9-15-31)32-16-10-5-11-17-32/h3-23,26-27H,24-25H2,1-2H3,(H,41,42,43). The molecule has 48 heavy (non-hydrogen) atoms. The zero-order valence-corrected chi connectivity index (χ0v) is 26.7. The zero-order chi connectivity index (χ0) is 32.9. The predicted molar refractivity (Wildman–Crippen MR) is 188 cm³/mol.